The van der Waals surface area contributed by atoms with Gasteiger partial charge in [-0.3, -0.25) is 14.9 Å². The van der Waals surface area contributed by atoms with Crippen molar-refractivity contribution in [1.29, 1.82) is 0 Å². The van der Waals surface area contributed by atoms with Crippen molar-refractivity contribution in [2.75, 3.05) is 13.2 Å². The molecule has 0 heterocycles. The summed E-state index contributed by atoms with van der Waals surface area (Å²) in [6.07, 6.45) is 0. The second-order valence-corrected chi connectivity index (χ2v) is 4.92. The van der Waals surface area contributed by atoms with Crippen LogP contribution in [-0.2, 0) is 4.79 Å². The van der Waals surface area contributed by atoms with E-state index in [4.69, 9.17) is 4.74 Å². The van der Waals surface area contributed by atoms with Crippen LogP contribution in [0.4, 0.5) is 4.79 Å². The second kappa shape index (κ2) is 8.47. The zero-order valence-electron chi connectivity index (χ0n) is 13.2. The van der Waals surface area contributed by atoms with Crippen LogP contribution in [0.2, 0.25) is 0 Å². The fourth-order valence-electron chi connectivity index (χ4n) is 1.98. The fourth-order valence-corrected chi connectivity index (χ4v) is 1.98. The van der Waals surface area contributed by atoms with Crippen LogP contribution in [0, 0.1) is 0 Å². The number of imide groups is 1. The van der Waals surface area contributed by atoms with E-state index in [1.807, 2.05) is 6.07 Å². The summed E-state index contributed by atoms with van der Waals surface area (Å²) in [6.45, 7) is 1.89. The number of hydrogen-bond acceptors (Lipinski definition) is 4. The number of urea groups is 1. The number of benzene rings is 2. The van der Waals surface area contributed by atoms with Gasteiger partial charge in [-0.1, -0.05) is 30.3 Å². The van der Waals surface area contributed by atoms with Gasteiger partial charge >= 0.3 is 6.03 Å². The lowest BCUT2D eigenvalue weighted by Gasteiger charge is -2.08. The topological polar surface area (TPSA) is 84.5 Å². The predicted octanol–water partition coefficient (Wildman–Crippen LogP) is 2.14. The minimum atomic E-state index is -0.560. The Morgan fingerprint density at radius 2 is 1.54 bits per heavy atom. The SMILES string of the molecule is CCNC(=O)NC(=O)COc1ccc(C(=O)c2ccccc2)cc1. The molecule has 2 aromatic carbocycles. The fraction of sp³-hybridized carbons (Fsp3) is 0.167. The molecule has 0 unspecified atom stereocenters. The number of carbonyl (C=O) groups is 3. The van der Waals surface area contributed by atoms with E-state index in [-0.39, 0.29) is 12.4 Å². The lowest BCUT2D eigenvalue weighted by molar-refractivity contribution is -0.122. The molecule has 0 spiro atoms. The first kappa shape index (κ1) is 17.2. The molecule has 0 aliphatic rings. The van der Waals surface area contributed by atoms with Gasteiger partial charge in [-0.25, -0.2) is 4.79 Å². The Morgan fingerprint density at radius 3 is 2.17 bits per heavy atom. The summed E-state index contributed by atoms with van der Waals surface area (Å²) >= 11 is 0. The quantitative estimate of drug-likeness (QED) is 0.797. The minimum Gasteiger partial charge on any atom is -0.484 e. The van der Waals surface area contributed by atoms with Crippen LogP contribution >= 0.6 is 0 Å². The Kier molecular flexibility index (Phi) is 6.08. The molecule has 24 heavy (non-hydrogen) atoms. The van der Waals surface area contributed by atoms with Gasteiger partial charge in [0.25, 0.3) is 5.91 Å². The monoisotopic (exact) mass is 326 g/mol. The number of rotatable bonds is 6. The van der Waals surface area contributed by atoms with Crippen molar-refractivity contribution >= 4 is 17.7 Å². The molecule has 0 saturated heterocycles. The highest BCUT2D eigenvalue weighted by Crippen LogP contribution is 2.15. The van der Waals surface area contributed by atoms with E-state index in [9.17, 15) is 14.4 Å². The Bertz CT molecular complexity index is 712. The molecule has 0 fully saturated rings. The molecule has 2 aromatic rings. The summed E-state index contributed by atoms with van der Waals surface area (Å²) in [5, 5.41) is 4.58. The highest BCUT2D eigenvalue weighted by atomic mass is 16.5. The van der Waals surface area contributed by atoms with Gasteiger partial charge in [-0.2, -0.15) is 0 Å². The van der Waals surface area contributed by atoms with Crippen LogP contribution in [0.1, 0.15) is 22.8 Å². The lowest BCUT2D eigenvalue weighted by Crippen LogP contribution is -2.41. The molecule has 0 atom stereocenters. The summed E-state index contributed by atoms with van der Waals surface area (Å²) in [5.74, 6) is -0.202. The molecule has 0 aliphatic carbocycles. The smallest absolute Gasteiger partial charge is 0.321 e. The first-order valence-electron chi connectivity index (χ1n) is 7.50. The predicted molar refractivity (Wildman–Crippen MR) is 89.0 cm³/mol. The molecule has 0 aromatic heterocycles. The third kappa shape index (κ3) is 4.95. The van der Waals surface area contributed by atoms with E-state index in [0.717, 1.165) is 0 Å². The number of carbonyl (C=O) groups excluding carboxylic acids is 3. The maximum absolute atomic E-state index is 12.3. The Labute approximate surface area is 139 Å². The van der Waals surface area contributed by atoms with Gasteiger partial charge in [0.2, 0.25) is 0 Å². The molecule has 3 amide bonds. The number of amides is 3. The van der Waals surface area contributed by atoms with Crippen molar-refractivity contribution in [2.45, 2.75) is 6.92 Å². The number of hydrogen-bond donors (Lipinski definition) is 2. The summed E-state index contributed by atoms with van der Waals surface area (Å²) in [4.78, 5) is 35.0. The van der Waals surface area contributed by atoms with E-state index in [1.165, 1.54) is 0 Å². The molecule has 0 aliphatic heterocycles. The number of nitrogens with one attached hydrogen (secondary N) is 2. The third-order valence-corrected chi connectivity index (χ3v) is 3.11. The average molecular weight is 326 g/mol. The van der Waals surface area contributed by atoms with Crippen LogP contribution in [0.5, 0.6) is 5.75 Å². The number of ether oxygens (including phenoxy) is 1. The van der Waals surface area contributed by atoms with Crippen molar-refractivity contribution in [1.82, 2.24) is 10.6 Å². The van der Waals surface area contributed by atoms with E-state index in [1.54, 1.807) is 55.5 Å². The van der Waals surface area contributed by atoms with Crippen LogP contribution < -0.4 is 15.4 Å². The van der Waals surface area contributed by atoms with Gasteiger partial charge in [-0.15, -0.1) is 0 Å². The van der Waals surface area contributed by atoms with E-state index in [2.05, 4.69) is 10.6 Å². The Hall–Kier alpha value is -3.15. The maximum Gasteiger partial charge on any atom is 0.321 e. The lowest BCUT2D eigenvalue weighted by atomic mass is 10.0. The molecular formula is C18H18N2O4. The first-order valence-corrected chi connectivity index (χ1v) is 7.50. The average Bonchev–Trinajstić information content (AvgIpc) is 2.61. The molecule has 0 bridgehead atoms. The molecule has 124 valence electrons. The van der Waals surface area contributed by atoms with E-state index >= 15 is 0 Å². The normalized spacial score (nSPS) is 9.88. The van der Waals surface area contributed by atoms with Gasteiger partial charge in [0.1, 0.15) is 5.75 Å². The molecule has 2 N–H and O–H groups in total. The van der Waals surface area contributed by atoms with Crippen molar-refractivity contribution in [3.8, 4) is 5.75 Å². The van der Waals surface area contributed by atoms with Crippen molar-refractivity contribution in [3.63, 3.8) is 0 Å². The van der Waals surface area contributed by atoms with Crippen LogP contribution in [0.15, 0.2) is 54.6 Å². The number of ketones is 1. The molecular weight excluding hydrogens is 308 g/mol. The van der Waals surface area contributed by atoms with Gasteiger partial charge < -0.3 is 10.1 Å². The van der Waals surface area contributed by atoms with Gasteiger partial charge in [0.05, 0.1) is 0 Å². The van der Waals surface area contributed by atoms with E-state index < -0.39 is 11.9 Å². The molecule has 2 rings (SSSR count). The Balaban J connectivity index is 1.89. The summed E-state index contributed by atoms with van der Waals surface area (Å²) in [6, 6.07) is 14.9. The zero-order chi connectivity index (χ0) is 17.4. The standard InChI is InChI=1S/C18H18N2O4/c1-2-19-18(23)20-16(21)12-24-15-10-8-14(9-11-15)17(22)13-6-4-3-5-7-13/h3-11H,2,12H2,1H3,(H2,19,20,21,23). The van der Waals surface area contributed by atoms with Crippen LogP contribution in [0.25, 0.3) is 0 Å². The molecule has 6 nitrogen and oxygen atoms in total. The van der Waals surface area contributed by atoms with Crippen LogP contribution in [-0.4, -0.2) is 30.9 Å². The summed E-state index contributed by atoms with van der Waals surface area (Å²) < 4.78 is 5.28. The third-order valence-electron chi connectivity index (χ3n) is 3.11. The largest absolute Gasteiger partial charge is 0.484 e. The zero-order valence-corrected chi connectivity index (χ0v) is 13.2. The van der Waals surface area contributed by atoms with Crippen molar-refractivity contribution < 1.29 is 19.1 Å². The molecule has 0 radical (unpaired) electrons. The van der Waals surface area contributed by atoms with Crippen molar-refractivity contribution in [2.24, 2.45) is 0 Å². The van der Waals surface area contributed by atoms with Crippen LogP contribution in [0.3, 0.4) is 0 Å². The van der Waals surface area contributed by atoms with Gasteiger partial charge in [-0.05, 0) is 31.2 Å². The van der Waals surface area contributed by atoms with Gasteiger partial charge in [0.15, 0.2) is 12.4 Å². The molecule has 6 heteroatoms. The van der Waals surface area contributed by atoms with Gasteiger partial charge in [0, 0.05) is 17.7 Å². The van der Waals surface area contributed by atoms with E-state index in [0.29, 0.717) is 23.4 Å². The second-order valence-electron chi connectivity index (χ2n) is 4.92. The minimum absolute atomic E-state index is 0.0869. The first-order chi connectivity index (χ1) is 11.6. The highest BCUT2D eigenvalue weighted by Gasteiger charge is 2.10. The summed E-state index contributed by atoms with van der Waals surface area (Å²) in [7, 11) is 0. The maximum atomic E-state index is 12.3. The Morgan fingerprint density at radius 1 is 0.917 bits per heavy atom. The summed E-state index contributed by atoms with van der Waals surface area (Å²) in [5.41, 5.74) is 1.13. The highest BCUT2D eigenvalue weighted by molar-refractivity contribution is 6.09. The molecule has 0 saturated carbocycles. The van der Waals surface area contributed by atoms with Crippen molar-refractivity contribution in [3.05, 3.63) is 65.7 Å².